The molecular formula is C6H13BrN3O3PS3. The van der Waals surface area contributed by atoms with E-state index in [1.807, 2.05) is 6.92 Å². The Labute approximate surface area is 120 Å². The predicted octanol–water partition coefficient (Wildman–Crippen LogP) is 1.03. The van der Waals surface area contributed by atoms with Gasteiger partial charge in [-0.05, 0) is 5.75 Å². The van der Waals surface area contributed by atoms with Crippen LogP contribution in [-0.2, 0) is 16.0 Å². The first-order valence-electron chi connectivity index (χ1n) is 4.37. The molecule has 0 saturated heterocycles. The first kappa shape index (κ1) is 17.5. The van der Waals surface area contributed by atoms with Crippen LogP contribution in [0, 0.1) is 5.41 Å². The van der Waals surface area contributed by atoms with E-state index in [0.717, 1.165) is 10.1 Å². The molecule has 0 aliphatic rings. The largest absolute Gasteiger partial charge is 0.362 e. The zero-order valence-corrected chi connectivity index (χ0v) is 14.1. The molecule has 1 atom stereocenters. The van der Waals surface area contributed by atoms with Crippen LogP contribution in [-0.4, -0.2) is 34.6 Å². The van der Waals surface area contributed by atoms with E-state index < -0.39 is 17.5 Å². The van der Waals surface area contributed by atoms with Crippen LogP contribution in [0.15, 0.2) is 4.34 Å². The maximum Gasteiger partial charge on any atom is 0.201 e. The highest BCUT2D eigenvalue weighted by atomic mass is 79.9. The second-order valence-electron chi connectivity index (χ2n) is 2.74. The second kappa shape index (κ2) is 7.85. The smallest absolute Gasteiger partial charge is 0.201 e. The van der Waals surface area contributed by atoms with Gasteiger partial charge < -0.3 is 4.89 Å². The first-order valence-corrected chi connectivity index (χ1v) is 9.50. The van der Waals surface area contributed by atoms with Gasteiger partial charge in [0, 0.05) is 0 Å². The number of aromatic nitrogens is 2. The fourth-order valence-corrected chi connectivity index (χ4v) is 3.71. The number of thioether (sulfide) groups is 1. The van der Waals surface area contributed by atoms with Gasteiger partial charge in [0.1, 0.15) is 8.01 Å². The fraction of sp³-hybridized carbons (Fsp3) is 0.667. The molecule has 100 valence electrons. The lowest BCUT2D eigenvalue weighted by Gasteiger charge is -2.00. The third-order valence-electron chi connectivity index (χ3n) is 1.60. The Morgan fingerprint density at radius 2 is 2.29 bits per heavy atom. The minimum Gasteiger partial charge on any atom is -0.362 e. The summed E-state index contributed by atoms with van der Waals surface area (Å²) < 4.78 is 24.3. The van der Waals surface area contributed by atoms with Gasteiger partial charge >= 0.3 is 0 Å². The van der Waals surface area contributed by atoms with E-state index in [2.05, 4.69) is 5.10 Å². The first-order chi connectivity index (χ1) is 7.48. The fourth-order valence-electron chi connectivity index (χ4n) is 0.885. The number of nitrogens with zero attached hydrogens (tertiary/aromatic N) is 2. The van der Waals surface area contributed by atoms with E-state index in [4.69, 9.17) is 10.3 Å². The van der Waals surface area contributed by atoms with Crippen LogP contribution in [0.25, 0.3) is 0 Å². The van der Waals surface area contributed by atoms with Crippen molar-refractivity contribution in [1.82, 2.24) is 9.78 Å². The molecule has 6 nitrogen and oxygen atoms in total. The van der Waals surface area contributed by atoms with Crippen LogP contribution in [0.2, 0.25) is 0 Å². The SMILES string of the molecule is Br.CCSc1nn(CCS(=O)(=O)PO)c(=N)s1. The van der Waals surface area contributed by atoms with Gasteiger partial charge in [0.15, 0.2) is 13.8 Å². The number of aryl methyl sites for hydroxylation is 1. The van der Waals surface area contributed by atoms with Crippen molar-refractivity contribution in [2.75, 3.05) is 11.5 Å². The van der Waals surface area contributed by atoms with E-state index in [1.54, 1.807) is 0 Å². The molecule has 0 aliphatic heterocycles. The van der Waals surface area contributed by atoms with E-state index in [9.17, 15) is 8.42 Å². The second-order valence-corrected chi connectivity index (χ2v) is 9.46. The van der Waals surface area contributed by atoms with E-state index in [1.165, 1.54) is 27.8 Å². The highest BCUT2D eigenvalue weighted by molar-refractivity contribution is 8.93. The number of hydrogen-bond acceptors (Lipinski definition) is 7. The van der Waals surface area contributed by atoms with Crippen LogP contribution >= 0.6 is 48.1 Å². The maximum absolute atomic E-state index is 11.1. The zero-order chi connectivity index (χ0) is 12.2. The summed E-state index contributed by atoms with van der Waals surface area (Å²) in [5.41, 5.74) is 0. The summed E-state index contributed by atoms with van der Waals surface area (Å²) in [4.78, 5) is 8.82. The van der Waals surface area contributed by atoms with Gasteiger partial charge in [0.25, 0.3) is 0 Å². The monoisotopic (exact) mass is 381 g/mol. The number of rotatable bonds is 6. The van der Waals surface area contributed by atoms with Crippen molar-refractivity contribution < 1.29 is 13.3 Å². The Hall–Kier alpha value is 0.530. The van der Waals surface area contributed by atoms with Gasteiger partial charge in [0.2, 0.25) is 4.80 Å². The van der Waals surface area contributed by atoms with Gasteiger partial charge in [-0.1, -0.05) is 30.0 Å². The Balaban J connectivity index is 0.00000256. The lowest BCUT2D eigenvalue weighted by molar-refractivity contribution is 0.573. The summed E-state index contributed by atoms with van der Waals surface area (Å²) in [6.07, 6.45) is 0. The molecule has 1 unspecified atom stereocenters. The van der Waals surface area contributed by atoms with E-state index in [0.29, 0.717) is 0 Å². The highest BCUT2D eigenvalue weighted by Gasteiger charge is 2.11. The van der Waals surface area contributed by atoms with Crippen molar-refractivity contribution >= 4 is 57.5 Å². The minimum atomic E-state index is -3.40. The molecule has 0 bridgehead atoms. The van der Waals surface area contributed by atoms with Crippen molar-refractivity contribution in [3.63, 3.8) is 0 Å². The average molecular weight is 382 g/mol. The van der Waals surface area contributed by atoms with Crippen LogP contribution in [0.3, 0.4) is 0 Å². The number of nitrogens with one attached hydrogen (secondary N) is 1. The van der Waals surface area contributed by atoms with Crippen molar-refractivity contribution in [2.24, 2.45) is 0 Å². The normalized spacial score (nSPS) is 11.9. The minimum absolute atomic E-state index is 0. The average Bonchev–Trinajstić information content (AvgIpc) is 2.57. The quantitative estimate of drug-likeness (QED) is 0.566. The van der Waals surface area contributed by atoms with Gasteiger partial charge in [-0.15, -0.1) is 17.0 Å². The molecule has 0 aromatic carbocycles. The summed E-state index contributed by atoms with van der Waals surface area (Å²) in [5.74, 6) is 0.682. The molecule has 2 N–H and O–H groups in total. The zero-order valence-electron chi connectivity index (χ0n) is 8.91. The van der Waals surface area contributed by atoms with Crippen molar-refractivity contribution in [3.05, 3.63) is 4.80 Å². The number of hydrogen-bond donors (Lipinski definition) is 2. The van der Waals surface area contributed by atoms with Gasteiger partial charge in [-0.25, -0.2) is 13.1 Å². The third kappa shape index (κ3) is 5.80. The topological polar surface area (TPSA) is 96.0 Å². The molecule has 1 aromatic heterocycles. The van der Waals surface area contributed by atoms with Gasteiger partial charge in [0.05, 0.1) is 12.3 Å². The predicted molar refractivity (Wildman–Crippen MR) is 77.0 cm³/mol. The van der Waals surface area contributed by atoms with E-state index >= 15 is 0 Å². The molecule has 1 aromatic rings. The Kier molecular flexibility index (Phi) is 8.10. The summed E-state index contributed by atoms with van der Waals surface area (Å²) in [6.45, 7) is 2.10. The van der Waals surface area contributed by atoms with Crippen molar-refractivity contribution in [3.8, 4) is 0 Å². The molecule has 0 aliphatic carbocycles. The molecule has 0 amide bonds. The molecule has 1 heterocycles. The Bertz CT molecular complexity index is 500. The molecule has 1 rings (SSSR count). The van der Waals surface area contributed by atoms with Crippen LogP contribution < -0.4 is 4.80 Å². The molecule has 0 fully saturated rings. The van der Waals surface area contributed by atoms with Crippen LogP contribution in [0.4, 0.5) is 0 Å². The summed E-state index contributed by atoms with van der Waals surface area (Å²) in [5, 5.41) is 11.7. The van der Waals surface area contributed by atoms with E-state index in [-0.39, 0.29) is 34.1 Å². The molecule has 17 heavy (non-hydrogen) atoms. The van der Waals surface area contributed by atoms with Crippen molar-refractivity contribution in [1.29, 1.82) is 5.41 Å². The Morgan fingerprint density at radius 1 is 1.65 bits per heavy atom. The standard InChI is InChI=1S/C6H12N3O3PS3.BrH/c1-2-14-6-8-9(5(7)15-6)3-4-16(11,12)13-10;/h7,10,13H,2-4H2,1H3;1H. The maximum atomic E-state index is 11.1. The summed E-state index contributed by atoms with van der Waals surface area (Å²) in [6, 6.07) is 0. The lowest BCUT2D eigenvalue weighted by atomic mass is 10.8. The molecule has 0 spiro atoms. The van der Waals surface area contributed by atoms with Gasteiger partial charge in [-0.2, -0.15) is 5.10 Å². The number of halogens is 1. The van der Waals surface area contributed by atoms with Crippen molar-refractivity contribution in [2.45, 2.75) is 17.8 Å². The molecule has 11 heteroatoms. The van der Waals surface area contributed by atoms with Gasteiger partial charge in [-0.3, -0.25) is 5.41 Å². The van der Waals surface area contributed by atoms with Crippen LogP contribution in [0.1, 0.15) is 6.92 Å². The molecule has 0 radical (unpaired) electrons. The Morgan fingerprint density at radius 3 is 2.82 bits per heavy atom. The third-order valence-corrected chi connectivity index (χ3v) is 5.93. The summed E-state index contributed by atoms with van der Waals surface area (Å²) in [7, 11) is -4.49. The summed E-state index contributed by atoms with van der Waals surface area (Å²) >= 11 is 2.74. The molecule has 0 saturated carbocycles. The van der Waals surface area contributed by atoms with Crippen LogP contribution in [0.5, 0.6) is 0 Å². The highest BCUT2D eigenvalue weighted by Crippen LogP contribution is 2.18. The molecular weight excluding hydrogens is 369 g/mol. The lowest BCUT2D eigenvalue weighted by Crippen LogP contribution is -2.19.